The molecule has 0 saturated heterocycles. The number of rotatable bonds is 7. The minimum atomic E-state index is -0.656. The summed E-state index contributed by atoms with van der Waals surface area (Å²) < 4.78 is 11.7. The van der Waals surface area contributed by atoms with E-state index in [-0.39, 0.29) is 30.5 Å². The minimum absolute atomic E-state index is 0. The largest absolute Gasteiger partial charge is 0.487 e. The summed E-state index contributed by atoms with van der Waals surface area (Å²) in [6.07, 6.45) is -0.656. The van der Waals surface area contributed by atoms with Crippen molar-refractivity contribution < 1.29 is 14.3 Å². The second kappa shape index (κ2) is 9.55. The van der Waals surface area contributed by atoms with Gasteiger partial charge in [-0.2, -0.15) is 0 Å². The number of fused-ring (bicyclic) bond motifs is 1. The van der Waals surface area contributed by atoms with E-state index in [2.05, 4.69) is 5.32 Å². The van der Waals surface area contributed by atoms with Crippen LogP contribution in [0.25, 0.3) is 22.3 Å². The van der Waals surface area contributed by atoms with Gasteiger partial charge >= 0.3 is 0 Å². The number of hydrogen-bond donors (Lipinski definition) is 2. The Hall–Kier alpha value is -2.34. The van der Waals surface area contributed by atoms with Gasteiger partial charge in [0.05, 0.1) is 5.39 Å². The second-order valence-corrected chi connectivity index (χ2v) is 6.50. The monoisotopic (exact) mass is 389 g/mol. The molecule has 0 amide bonds. The summed E-state index contributed by atoms with van der Waals surface area (Å²) in [6, 6.07) is 16.4. The van der Waals surface area contributed by atoms with E-state index in [9.17, 15) is 9.90 Å². The molecule has 0 radical (unpaired) electrons. The van der Waals surface area contributed by atoms with Gasteiger partial charge in [-0.3, -0.25) is 4.79 Å². The van der Waals surface area contributed by atoms with E-state index in [0.29, 0.717) is 29.0 Å². The molecule has 27 heavy (non-hydrogen) atoms. The predicted octanol–water partition coefficient (Wildman–Crippen LogP) is 3.62. The molecule has 0 aliphatic carbocycles. The average molecular weight is 390 g/mol. The van der Waals surface area contributed by atoms with Gasteiger partial charge in [-0.05, 0) is 12.1 Å². The maximum Gasteiger partial charge on any atom is 0.193 e. The Morgan fingerprint density at radius 2 is 1.85 bits per heavy atom. The third kappa shape index (κ3) is 5.32. The van der Waals surface area contributed by atoms with Crippen LogP contribution in [-0.4, -0.2) is 30.4 Å². The summed E-state index contributed by atoms with van der Waals surface area (Å²) in [5, 5.41) is 13.6. The predicted molar refractivity (Wildman–Crippen MR) is 110 cm³/mol. The van der Waals surface area contributed by atoms with Crippen LogP contribution in [0.3, 0.4) is 0 Å². The smallest absolute Gasteiger partial charge is 0.193 e. The molecule has 5 nitrogen and oxygen atoms in total. The lowest BCUT2D eigenvalue weighted by molar-refractivity contribution is 0.105. The number of ether oxygens (including phenoxy) is 1. The lowest BCUT2D eigenvalue weighted by Gasteiger charge is -2.15. The summed E-state index contributed by atoms with van der Waals surface area (Å²) in [5.41, 5.74) is 1.09. The van der Waals surface area contributed by atoms with E-state index in [1.807, 2.05) is 44.2 Å². The summed E-state index contributed by atoms with van der Waals surface area (Å²) in [7, 11) is 0. The van der Waals surface area contributed by atoms with Crippen molar-refractivity contribution in [3.05, 3.63) is 64.8 Å². The Morgan fingerprint density at radius 1 is 1.11 bits per heavy atom. The SMILES string of the molecule is CC(C)NCC(O)COc1cccc2c(=O)cc(-c3ccccc3)oc12.Cl. The van der Waals surface area contributed by atoms with Crippen molar-refractivity contribution in [1.82, 2.24) is 5.32 Å². The van der Waals surface area contributed by atoms with Gasteiger partial charge < -0.3 is 19.6 Å². The zero-order valence-electron chi connectivity index (χ0n) is 15.3. The molecule has 2 N–H and O–H groups in total. The van der Waals surface area contributed by atoms with E-state index >= 15 is 0 Å². The van der Waals surface area contributed by atoms with Gasteiger partial charge in [0.25, 0.3) is 0 Å². The molecule has 0 spiro atoms. The maximum atomic E-state index is 12.5. The molecule has 0 saturated carbocycles. The first kappa shape index (κ1) is 21.0. The Kier molecular flexibility index (Phi) is 7.42. The number of hydrogen-bond acceptors (Lipinski definition) is 5. The van der Waals surface area contributed by atoms with Crippen molar-refractivity contribution >= 4 is 23.4 Å². The molecule has 3 rings (SSSR count). The molecule has 6 heteroatoms. The van der Waals surface area contributed by atoms with Crippen molar-refractivity contribution in [2.45, 2.75) is 26.0 Å². The van der Waals surface area contributed by atoms with Crippen LogP contribution >= 0.6 is 12.4 Å². The molecule has 144 valence electrons. The summed E-state index contributed by atoms with van der Waals surface area (Å²) in [4.78, 5) is 12.5. The van der Waals surface area contributed by atoms with Crippen LogP contribution in [0.5, 0.6) is 5.75 Å². The second-order valence-electron chi connectivity index (χ2n) is 6.50. The minimum Gasteiger partial charge on any atom is -0.487 e. The summed E-state index contributed by atoms with van der Waals surface area (Å²) >= 11 is 0. The van der Waals surface area contributed by atoms with E-state index in [4.69, 9.17) is 9.15 Å². The number of para-hydroxylation sites is 1. The zero-order chi connectivity index (χ0) is 18.5. The van der Waals surface area contributed by atoms with Crippen molar-refractivity contribution in [3.8, 4) is 17.1 Å². The van der Waals surface area contributed by atoms with Crippen molar-refractivity contribution in [1.29, 1.82) is 0 Å². The summed E-state index contributed by atoms with van der Waals surface area (Å²) in [6.45, 7) is 4.57. The molecule has 3 aromatic rings. The molecule has 0 aliphatic rings. The van der Waals surface area contributed by atoms with Crippen molar-refractivity contribution in [2.24, 2.45) is 0 Å². The number of halogens is 1. The van der Waals surface area contributed by atoms with Gasteiger partial charge in [0, 0.05) is 24.2 Å². The van der Waals surface area contributed by atoms with Crippen LogP contribution in [0.15, 0.2) is 63.8 Å². The number of aliphatic hydroxyl groups excluding tert-OH is 1. The fourth-order valence-corrected chi connectivity index (χ4v) is 2.63. The third-order valence-electron chi connectivity index (χ3n) is 3.97. The Bertz CT molecular complexity index is 924. The topological polar surface area (TPSA) is 71.7 Å². The molecule has 1 aromatic heterocycles. The zero-order valence-corrected chi connectivity index (χ0v) is 16.2. The van der Waals surface area contributed by atoms with Crippen LogP contribution < -0.4 is 15.5 Å². The molecule has 2 aromatic carbocycles. The molecular formula is C21H24ClNO4. The third-order valence-corrected chi connectivity index (χ3v) is 3.97. The molecule has 0 aliphatic heterocycles. The fourth-order valence-electron chi connectivity index (χ4n) is 2.63. The molecule has 0 fully saturated rings. The van der Waals surface area contributed by atoms with E-state index in [0.717, 1.165) is 5.56 Å². The molecule has 0 bridgehead atoms. The Morgan fingerprint density at radius 3 is 2.56 bits per heavy atom. The van der Waals surface area contributed by atoms with Gasteiger partial charge in [-0.15, -0.1) is 12.4 Å². The van der Waals surface area contributed by atoms with Gasteiger partial charge in [0.1, 0.15) is 18.5 Å². The Balaban J connectivity index is 0.00000261. The van der Waals surface area contributed by atoms with Gasteiger partial charge in [0.2, 0.25) is 0 Å². The van der Waals surface area contributed by atoms with E-state index in [1.54, 1.807) is 18.2 Å². The van der Waals surface area contributed by atoms with Crippen molar-refractivity contribution in [3.63, 3.8) is 0 Å². The lowest BCUT2D eigenvalue weighted by Crippen LogP contribution is -2.35. The quantitative estimate of drug-likeness (QED) is 0.645. The van der Waals surface area contributed by atoms with Gasteiger partial charge in [0.15, 0.2) is 16.8 Å². The van der Waals surface area contributed by atoms with Crippen LogP contribution in [0.4, 0.5) is 0 Å². The number of benzene rings is 2. The van der Waals surface area contributed by atoms with Gasteiger partial charge in [-0.1, -0.05) is 50.2 Å². The standard InChI is InChI=1S/C21H23NO4.ClH/c1-14(2)22-12-16(23)13-25-19-10-6-9-17-18(24)11-20(26-21(17)19)15-7-4-3-5-8-15;/h3-11,14,16,22-23H,12-13H2,1-2H3;1H. The fraction of sp³-hybridized carbons (Fsp3) is 0.286. The molecular weight excluding hydrogens is 366 g/mol. The lowest BCUT2D eigenvalue weighted by atomic mass is 10.1. The summed E-state index contributed by atoms with van der Waals surface area (Å²) in [5.74, 6) is 0.933. The van der Waals surface area contributed by atoms with E-state index in [1.165, 1.54) is 6.07 Å². The highest BCUT2D eigenvalue weighted by molar-refractivity contribution is 5.85. The average Bonchev–Trinajstić information content (AvgIpc) is 2.65. The highest BCUT2D eigenvalue weighted by atomic mass is 35.5. The number of nitrogens with one attached hydrogen (secondary N) is 1. The first-order valence-corrected chi connectivity index (χ1v) is 8.71. The van der Waals surface area contributed by atoms with Gasteiger partial charge in [-0.25, -0.2) is 0 Å². The van der Waals surface area contributed by atoms with Crippen LogP contribution in [0.1, 0.15) is 13.8 Å². The molecule has 1 unspecified atom stereocenters. The van der Waals surface area contributed by atoms with Crippen LogP contribution in [-0.2, 0) is 0 Å². The van der Waals surface area contributed by atoms with Crippen LogP contribution in [0, 0.1) is 0 Å². The highest BCUT2D eigenvalue weighted by Crippen LogP contribution is 2.28. The highest BCUT2D eigenvalue weighted by Gasteiger charge is 2.13. The van der Waals surface area contributed by atoms with Crippen molar-refractivity contribution in [2.75, 3.05) is 13.2 Å². The first-order chi connectivity index (χ1) is 12.5. The van der Waals surface area contributed by atoms with Crippen LogP contribution in [0.2, 0.25) is 0 Å². The number of aliphatic hydroxyl groups is 1. The van der Waals surface area contributed by atoms with E-state index < -0.39 is 6.10 Å². The Labute approximate surface area is 164 Å². The molecule has 1 atom stereocenters. The first-order valence-electron chi connectivity index (χ1n) is 8.71. The normalized spacial score (nSPS) is 12.0. The maximum absolute atomic E-state index is 12.5. The molecule has 1 heterocycles.